The van der Waals surface area contributed by atoms with Gasteiger partial charge in [-0.25, -0.2) is 0 Å². The minimum atomic E-state index is 0.219. The topological polar surface area (TPSA) is 43.9 Å². The van der Waals surface area contributed by atoms with Crippen LogP contribution in [0.2, 0.25) is 0 Å². The highest BCUT2D eigenvalue weighted by Crippen LogP contribution is 2.59. The molecule has 1 heterocycles. The van der Waals surface area contributed by atoms with E-state index in [1.54, 1.807) is 0 Å². The molecule has 1 aromatic carbocycles. The van der Waals surface area contributed by atoms with Crippen molar-refractivity contribution in [2.75, 3.05) is 45.8 Å². The maximum atomic E-state index is 13.3. The van der Waals surface area contributed by atoms with E-state index in [0.717, 1.165) is 63.7 Å². The molecule has 2 amide bonds. The summed E-state index contributed by atoms with van der Waals surface area (Å²) < 4.78 is 0. The summed E-state index contributed by atoms with van der Waals surface area (Å²) in [4.78, 5) is 31.8. The van der Waals surface area contributed by atoms with Crippen molar-refractivity contribution >= 4 is 11.8 Å². The van der Waals surface area contributed by atoms with Gasteiger partial charge in [0, 0.05) is 52.2 Å². The lowest BCUT2D eigenvalue weighted by Crippen LogP contribution is -2.52. The van der Waals surface area contributed by atoms with Crippen LogP contribution in [0.5, 0.6) is 0 Å². The Bertz CT molecular complexity index is 840. The van der Waals surface area contributed by atoms with Crippen LogP contribution in [-0.4, -0.2) is 72.3 Å². The van der Waals surface area contributed by atoms with E-state index in [1.165, 1.54) is 12.0 Å². The third-order valence-corrected chi connectivity index (χ3v) is 8.22. The molecule has 2 bridgehead atoms. The van der Waals surface area contributed by atoms with Gasteiger partial charge in [0.2, 0.25) is 11.8 Å². The molecule has 1 saturated heterocycles. The van der Waals surface area contributed by atoms with E-state index in [-0.39, 0.29) is 11.8 Å². The van der Waals surface area contributed by atoms with Gasteiger partial charge in [-0.3, -0.25) is 14.5 Å². The van der Waals surface area contributed by atoms with Gasteiger partial charge in [-0.05, 0) is 35.7 Å². The van der Waals surface area contributed by atoms with Gasteiger partial charge < -0.3 is 9.80 Å². The lowest BCUT2D eigenvalue weighted by atomic mass is 9.49. The Labute approximate surface area is 193 Å². The molecule has 1 aromatic rings. The van der Waals surface area contributed by atoms with E-state index in [1.807, 2.05) is 42.2 Å². The maximum Gasteiger partial charge on any atom is 0.227 e. The van der Waals surface area contributed by atoms with Crippen LogP contribution in [-0.2, 0) is 16.0 Å². The second-order valence-corrected chi connectivity index (χ2v) is 10.4. The van der Waals surface area contributed by atoms with Crippen molar-refractivity contribution in [2.24, 2.45) is 17.3 Å². The van der Waals surface area contributed by atoms with Crippen LogP contribution in [0, 0.1) is 17.3 Å². The molecule has 0 spiro atoms. The number of hydrogen-bond acceptors (Lipinski definition) is 3. The summed E-state index contributed by atoms with van der Waals surface area (Å²) in [6.45, 7) is 12.5. The fourth-order valence-corrected chi connectivity index (χ4v) is 5.76. The van der Waals surface area contributed by atoms with Crippen LogP contribution < -0.4 is 0 Å². The van der Waals surface area contributed by atoms with E-state index in [9.17, 15) is 9.59 Å². The number of hydrogen-bond donors (Lipinski definition) is 0. The van der Waals surface area contributed by atoms with Crippen molar-refractivity contribution in [1.82, 2.24) is 14.7 Å². The molecular weight excluding hydrogens is 398 g/mol. The van der Waals surface area contributed by atoms with Crippen molar-refractivity contribution in [1.29, 1.82) is 0 Å². The average Bonchev–Trinajstić information content (AvgIpc) is 2.82. The quantitative estimate of drug-likeness (QED) is 0.584. The van der Waals surface area contributed by atoms with E-state index < -0.39 is 0 Å². The first-order chi connectivity index (χ1) is 15.4. The molecular formula is C27H39N3O2. The highest BCUT2D eigenvalue weighted by molar-refractivity contribution is 5.79. The predicted molar refractivity (Wildman–Crippen MR) is 128 cm³/mol. The largest absolute Gasteiger partial charge is 0.340 e. The van der Waals surface area contributed by atoms with Crippen molar-refractivity contribution in [3.05, 3.63) is 47.5 Å². The molecule has 2 fully saturated rings. The average molecular weight is 438 g/mol. The molecule has 5 heteroatoms. The lowest BCUT2D eigenvalue weighted by molar-refractivity contribution is -0.132. The summed E-state index contributed by atoms with van der Waals surface area (Å²) in [6.07, 6.45) is 5.90. The Morgan fingerprint density at radius 3 is 2.44 bits per heavy atom. The van der Waals surface area contributed by atoms with Crippen LogP contribution >= 0.6 is 0 Å². The Morgan fingerprint density at radius 2 is 1.81 bits per heavy atom. The van der Waals surface area contributed by atoms with Gasteiger partial charge in [-0.2, -0.15) is 0 Å². The van der Waals surface area contributed by atoms with Crippen molar-refractivity contribution < 1.29 is 9.59 Å². The summed E-state index contributed by atoms with van der Waals surface area (Å²) in [5.74, 6) is 1.90. The molecule has 2 atom stereocenters. The van der Waals surface area contributed by atoms with Crippen molar-refractivity contribution in [2.45, 2.75) is 46.5 Å². The van der Waals surface area contributed by atoms with Crippen LogP contribution in [0.3, 0.4) is 0 Å². The smallest absolute Gasteiger partial charge is 0.227 e. The Morgan fingerprint density at radius 1 is 1.09 bits per heavy atom. The number of amides is 2. The lowest BCUT2D eigenvalue weighted by Gasteiger charge is -2.57. The number of rotatable bonds is 8. The normalized spacial score (nSPS) is 24.5. The Balaban J connectivity index is 1.38. The molecule has 32 heavy (non-hydrogen) atoms. The van der Waals surface area contributed by atoms with E-state index >= 15 is 0 Å². The maximum absolute atomic E-state index is 13.3. The van der Waals surface area contributed by atoms with Gasteiger partial charge in [0.25, 0.3) is 0 Å². The number of benzene rings is 1. The number of nitrogens with zero attached hydrogens (tertiary/aromatic N) is 3. The standard InChI is InChI=1S/C27H39N3O2/c1-4-25(31)29-15-12-28(13-16-29)14-17-30(26(32)18-21-8-6-5-7-9-21)20-22-10-11-23-19-24(22)27(23,2)3/h5-10,23-24H,4,11-20H2,1-3H3. The molecule has 5 nitrogen and oxygen atoms in total. The number of piperazine rings is 1. The molecule has 0 aromatic heterocycles. The van der Waals surface area contributed by atoms with Gasteiger partial charge in [-0.1, -0.05) is 62.8 Å². The summed E-state index contributed by atoms with van der Waals surface area (Å²) in [5.41, 5.74) is 2.92. The monoisotopic (exact) mass is 437 g/mol. The number of fused-ring (bicyclic) bond motifs is 1. The SMILES string of the molecule is CCC(=O)N1CCN(CCN(CC2=CCC3CC2C3(C)C)C(=O)Cc2ccccc2)CC1. The summed E-state index contributed by atoms with van der Waals surface area (Å²) in [5, 5.41) is 0. The minimum Gasteiger partial charge on any atom is -0.340 e. The zero-order valence-corrected chi connectivity index (χ0v) is 20.1. The minimum absolute atomic E-state index is 0.219. The zero-order chi connectivity index (χ0) is 22.7. The van der Waals surface area contributed by atoms with Gasteiger partial charge in [0.05, 0.1) is 6.42 Å². The fraction of sp³-hybridized carbons (Fsp3) is 0.630. The first kappa shape index (κ1) is 23.0. The molecule has 0 radical (unpaired) electrons. The van der Waals surface area contributed by atoms with E-state index in [0.29, 0.717) is 24.2 Å². The zero-order valence-electron chi connectivity index (χ0n) is 20.1. The predicted octanol–water partition coefficient (Wildman–Crippen LogP) is 3.60. The molecule has 1 aliphatic heterocycles. The summed E-state index contributed by atoms with van der Waals surface area (Å²) in [7, 11) is 0. The second-order valence-electron chi connectivity index (χ2n) is 10.4. The van der Waals surface area contributed by atoms with Crippen molar-refractivity contribution in [3.63, 3.8) is 0 Å². The highest BCUT2D eigenvalue weighted by atomic mass is 16.2. The van der Waals surface area contributed by atoms with Crippen LogP contribution in [0.1, 0.15) is 45.6 Å². The molecule has 1 saturated carbocycles. The highest BCUT2D eigenvalue weighted by Gasteiger charge is 2.51. The Kier molecular flexibility index (Phi) is 7.04. The third-order valence-electron chi connectivity index (χ3n) is 8.22. The van der Waals surface area contributed by atoms with Gasteiger partial charge in [0.1, 0.15) is 0 Å². The molecule has 3 aliphatic carbocycles. The van der Waals surface area contributed by atoms with E-state index in [4.69, 9.17) is 0 Å². The third kappa shape index (κ3) is 4.93. The molecule has 2 unspecified atom stereocenters. The van der Waals surface area contributed by atoms with Crippen LogP contribution in [0.15, 0.2) is 42.0 Å². The van der Waals surface area contributed by atoms with Crippen molar-refractivity contribution in [3.8, 4) is 0 Å². The van der Waals surface area contributed by atoms with Crippen LogP contribution in [0.25, 0.3) is 0 Å². The van der Waals surface area contributed by atoms with Gasteiger partial charge in [-0.15, -0.1) is 0 Å². The van der Waals surface area contributed by atoms with Gasteiger partial charge in [0.15, 0.2) is 0 Å². The molecule has 4 aliphatic rings. The molecule has 5 rings (SSSR count). The van der Waals surface area contributed by atoms with Gasteiger partial charge >= 0.3 is 0 Å². The number of carbonyl (C=O) groups is 2. The first-order valence-corrected chi connectivity index (χ1v) is 12.4. The first-order valence-electron chi connectivity index (χ1n) is 12.4. The molecule has 0 N–H and O–H groups in total. The summed E-state index contributed by atoms with van der Waals surface area (Å²) >= 11 is 0. The number of allylic oxidation sites excluding steroid dienone is 1. The second kappa shape index (κ2) is 9.78. The fourth-order valence-electron chi connectivity index (χ4n) is 5.76. The summed E-state index contributed by atoms with van der Waals surface area (Å²) in [6, 6.07) is 10.1. The van der Waals surface area contributed by atoms with E-state index in [2.05, 4.69) is 29.7 Å². The number of carbonyl (C=O) groups excluding carboxylic acids is 2. The van der Waals surface area contributed by atoms with Crippen LogP contribution in [0.4, 0.5) is 0 Å². The Hall–Kier alpha value is -2.14. The molecule has 174 valence electrons.